The van der Waals surface area contributed by atoms with Gasteiger partial charge < -0.3 is 15.2 Å². The van der Waals surface area contributed by atoms with Crippen molar-refractivity contribution in [2.75, 3.05) is 18.4 Å². The smallest absolute Gasteiger partial charge is 0.236 e. The third-order valence-corrected chi connectivity index (χ3v) is 4.73. The molecule has 1 atom stereocenters. The molecule has 1 aliphatic rings. The number of amides is 1. The van der Waals surface area contributed by atoms with E-state index in [0.29, 0.717) is 13.1 Å². The first-order chi connectivity index (χ1) is 12.8. The lowest BCUT2D eigenvalue weighted by Crippen LogP contribution is -2.45. The number of nitrogens with one attached hydrogen (secondary N) is 3. The van der Waals surface area contributed by atoms with Crippen LogP contribution in [0.4, 0.5) is 5.69 Å². The molecule has 0 unspecified atom stereocenters. The van der Waals surface area contributed by atoms with E-state index >= 15 is 0 Å². The molecule has 3 N–H and O–H groups in total. The van der Waals surface area contributed by atoms with Crippen LogP contribution in [0.2, 0.25) is 0 Å². The quantitative estimate of drug-likeness (QED) is 0.668. The number of hydrogen-bond acceptors (Lipinski definition) is 5. The highest BCUT2D eigenvalue weighted by Crippen LogP contribution is 2.33. The number of aromatic amines is 2. The van der Waals surface area contributed by atoms with Gasteiger partial charge in [0, 0.05) is 48.7 Å². The van der Waals surface area contributed by atoms with E-state index in [4.69, 9.17) is 5.26 Å². The summed E-state index contributed by atoms with van der Waals surface area (Å²) in [7, 11) is 0. The van der Waals surface area contributed by atoms with E-state index in [1.54, 1.807) is 11.1 Å². The Morgan fingerprint density at radius 2 is 2.38 bits per heavy atom. The maximum atomic E-state index is 12.1. The molecule has 4 rings (SSSR count). The maximum absolute atomic E-state index is 12.1. The SMILES string of the molecule is N#CCC(=O)N1CCC[C@@H](Nc2c(-c3ccn[nH]3)cnc3[nH]ccc23)C1. The van der Waals surface area contributed by atoms with E-state index in [9.17, 15) is 4.79 Å². The zero-order chi connectivity index (χ0) is 17.9. The second-order valence-electron chi connectivity index (χ2n) is 6.42. The Bertz CT molecular complexity index is 954. The van der Waals surface area contributed by atoms with Crippen molar-refractivity contribution < 1.29 is 4.79 Å². The van der Waals surface area contributed by atoms with Crippen LogP contribution in [-0.4, -0.2) is 50.1 Å². The van der Waals surface area contributed by atoms with Gasteiger partial charge in [-0.3, -0.25) is 9.89 Å². The third-order valence-electron chi connectivity index (χ3n) is 4.73. The highest BCUT2D eigenvalue weighted by atomic mass is 16.2. The minimum absolute atomic E-state index is 0.0660. The van der Waals surface area contributed by atoms with Gasteiger partial charge in [-0.1, -0.05) is 0 Å². The minimum Gasteiger partial charge on any atom is -0.379 e. The second-order valence-corrected chi connectivity index (χ2v) is 6.42. The monoisotopic (exact) mass is 349 g/mol. The van der Waals surface area contributed by atoms with E-state index < -0.39 is 0 Å². The lowest BCUT2D eigenvalue weighted by Gasteiger charge is -2.33. The number of nitriles is 1. The molecular formula is C18H19N7O. The number of rotatable bonds is 4. The molecule has 8 nitrogen and oxygen atoms in total. The van der Waals surface area contributed by atoms with Crippen molar-refractivity contribution in [3.8, 4) is 17.3 Å². The number of hydrogen-bond donors (Lipinski definition) is 3. The Morgan fingerprint density at radius 3 is 3.19 bits per heavy atom. The fourth-order valence-corrected chi connectivity index (χ4v) is 3.48. The van der Waals surface area contributed by atoms with Crippen molar-refractivity contribution in [2.24, 2.45) is 0 Å². The summed E-state index contributed by atoms with van der Waals surface area (Å²) in [6, 6.07) is 5.96. The summed E-state index contributed by atoms with van der Waals surface area (Å²) in [4.78, 5) is 21.5. The number of carbonyl (C=O) groups excluding carboxylic acids is 1. The molecule has 0 aliphatic carbocycles. The summed E-state index contributed by atoms with van der Waals surface area (Å²) < 4.78 is 0. The minimum atomic E-state index is -0.102. The molecule has 3 aromatic heterocycles. The largest absolute Gasteiger partial charge is 0.379 e. The molecular weight excluding hydrogens is 330 g/mol. The summed E-state index contributed by atoms with van der Waals surface area (Å²) in [6.07, 6.45) is 7.20. The normalized spacial score (nSPS) is 17.2. The number of likely N-dealkylation sites (tertiary alicyclic amines) is 1. The van der Waals surface area contributed by atoms with Crippen LogP contribution in [0, 0.1) is 11.3 Å². The summed E-state index contributed by atoms with van der Waals surface area (Å²) in [6.45, 7) is 1.30. The van der Waals surface area contributed by atoms with Crippen LogP contribution in [-0.2, 0) is 4.79 Å². The van der Waals surface area contributed by atoms with Crippen molar-refractivity contribution >= 4 is 22.6 Å². The van der Waals surface area contributed by atoms with Gasteiger partial charge in [0.15, 0.2) is 0 Å². The first kappa shape index (κ1) is 16.1. The Kier molecular flexibility index (Phi) is 4.27. The van der Waals surface area contributed by atoms with Gasteiger partial charge in [0.05, 0.1) is 17.5 Å². The summed E-state index contributed by atoms with van der Waals surface area (Å²) >= 11 is 0. The average Bonchev–Trinajstić information content (AvgIpc) is 3.34. The summed E-state index contributed by atoms with van der Waals surface area (Å²) in [5.41, 5.74) is 3.61. The van der Waals surface area contributed by atoms with Gasteiger partial charge in [-0.2, -0.15) is 10.4 Å². The average molecular weight is 349 g/mol. The molecule has 1 fully saturated rings. The molecule has 0 aromatic carbocycles. The van der Waals surface area contributed by atoms with Crippen LogP contribution in [0.15, 0.2) is 30.7 Å². The third kappa shape index (κ3) is 2.99. The Labute approximate surface area is 150 Å². The van der Waals surface area contributed by atoms with Gasteiger partial charge in [-0.25, -0.2) is 4.98 Å². The van der Waals surface area contributed by atoms with Crippen LogP contribution in [0.3, 0.4) is 0 Å². The van der Waals surface area contributed by atoms with E-state index in [2.05, 4.69) is 25.5 Å². The fourth-order valence-electron chi connectivity index (χ4n) is 3.48. The molecule has 0 radical (unpaired) electrons. The number of carbonyl (C=O) groups is 1. The number of nitrogens with zero attached hydrogens (tertiary/aromatic N) is 4. The van der Waals surface area contributed by atoms with Gasteiger partial charge in [0.1, 0.15) is 12.1 Å². The lowest BCUT2D eigenvalue weighted by atomic mass is 10.0. The molecule has 3 aromatic rings. The van der Waals surface area contributed by atoms with Crippen LogP contribution in [0.5, 0.6) is 0 Å². The van der Waals surface area contributed by atoms with Gasteiger partial charge in [-0.15, -0.1) is 0 Å². The maximum Gasteiger partial charge on any atom is 0.236 e. The summed E-state index contributed by atoms with van der Waals surface area (Å²) in [5, 5.41) is 20.4. The summed E-state index contributed by atoms with van der Waals surface area (Å²) in [5.74, 6) is -0.102. The van der Waals surface area contributed by atoms with Gasteiger partial charge in [-0.05, 0) is 25.0 Å². The predicted molar refractivity (Wildman–Crippen MR) is 97.1 cm³/mol. The van der Waals surface area contributed by atoms with E-state index in [1.807, 2.05) is 30.6 Å². The van der Waals surface area contributed by atoms with Gasteiger partial charge in [0.2, 0.25) is 5.91 Å². The standard InChI is InChI=1S/C18H19N7O/c19-6-3-16(26)25-9-1-2-12(11-25)23-17-13-4-7-20-18(13)21-10-14(17)15-5-8-22-24-15/h4-5,7-8,10,12H,1-3,9,11H2,(H,22,24)(H2,20,21,23)/t12-/m1/s1. The Hall–Kier alpha value is -3.34. The van der Waals surface area contributed by atoms with Crippen molar-refractivity contribution in [1.29, 1.82) is 5.26 Å². The number of fused-ring (bicyclic) bond motifs is 1. The number of H-pyrrole nitrogens is 2. The van der Waals surface area contributed by atoms with E-state index in [0.717, 1.165) is 40.8 Å². The Balaban J connectivity index is 1.64. The predicted octanol–water partition coefficient (Wildman–Crippen LogP) is 2.27. The molecule has 1 saturated heterocycles. The van der Waals surface area contributed by atoms with Crippen molar-refractivity contribution in [3.05, 3.63) is 30.7 Å². The van der Waals surface area contributed by atoms with E-state index in [1.165, 1.54) is 0 Å². The number of aromatic nitrogens is 4. The Morgan fingerprint density at radius 1 is 1.46 bits per heavy atom. The molecule has 8 heteroatoms. The first-order valence-electron chi connectivity index (χ1n) is 8.63. The van der Waals surface area contributed by atoms with Crippen molar-refractivity contribution in [3.63, 3.8) is 0 Å². The number of pyridine rings is 1. The van der Waals surface area contributed by atoms with Crippen LogP contribution < -0.4 is 5.32 Å². The molecule has 1 amide bonds. The lowest BCUT2D eigenvalue weighted by molar-refractivity contribution is -0.131. The first-order valence-corrected chi connectivity index (χ1v) is 8.63. The molecule has 4 heterocycles. The zero-order valence-electron chi connectivity index (χ0n) is 14.2. The van der Waals surface area contributed by atoms with Crippen LogP contribution >= 0.6 is 0 Å². The molecule has 26 heavy (non-hydrogen) atoms. The zero-order valence-corrected chi connectivity index (χ0v) is 14.2. The molecule has 0 bridgehead atoms. The van der Waals surface area contributed by atoms with Crippen LogP contribution in [0.1, 0.15) is 19.3 Å². The topological polar surface area (TPSA) is 113 Å². The number of piperidine rings is 1. The second kappa shape index (κ2) is 6.88. The van der Waals surface area contributed by atoms with E-state index in [-0.39, 0.29) is 18.4 Å². The van der Waals surface area contributed by atoms with Crippen LogP contribution in [0.25, 0.3) is 22.3 Å². The van der Waals surface area contributed by atoms with Gasteiger partial charge in [0.25, 0.3) is 0 Å². The van der Waals surface area contributed by atoms with Crippen molar-refractivity contribution in [2.45, 2.75) is 25.3 Å². The van der Waals surface area contributed by atoms with Crippen molar-refractivity contribution in [1.82, 2.24) is 25.1 Å². The highest BCUT2D eigenvalue weighted by molar-refractivity contribution is 5.97. The number of anilines is 1. The molecule has 132 valence electrons. The van der Waals surface area contributed by atoms with Gasteiger partial charge >= 0.3 is 0 Å². The fraction of sp³-hybridized carbons (Fsp3) is 0.333. The molecule has 0 spiro atoms. The molecule has 0 saturated carbocycles. The molecule has 1 aliphatic heterocycles. The highest BCUT2D eigenvalue weighted by Gasteiger charge is 2.25.